The van der Waals surface area contributed by atoms with Crippen LogP contribution in [0.15, 0.2) is 42.9 Å². The highest BCUT2D eigenvalue weighted by Crippen LogP contribution is 2.23. The first-order chi connectivity index (χ1) is 11.8. The number of fused-ring (bicyclic) bond motifs is 1. The summed E-state index contributed by atoms with van der Waals surface area (Å²) in [5, 5.41) is 4.70. The summed E-state index contributed by atoms with van der Waals surface area (Å²) in [5.74, 6) is 1.79. The second-order valence-electron chi connectivity index (χ2n) is 6.05. The molecular weight excluding hydrogens is 302 g/mol. The lowest BCUT2D eigenvalue weighted by molar-refractivity contribution is 0.122. The Balaban J connectivity index is 1.51. The minimum atomic E-state index is 0.164. The highest BCUT2D eigenvalue weighted by molar-refractivity contribution is 5.80. The third kappa shape index (κ3) is 3.05. The summed E-state index contributed by atoms with van der Waals surface area (Å²) in [6, 6.07) is 10.7. The first-order valence-electron chi connectivity index (χ1n) is 8.28. The van der Waals surface area contributed by atoms with Gasteiger partial charge in [0.25, 0.3) is 0 Å². The fourth-order valence-corrected chi connectivity index (χ4v) is 3.04. The predicted molar refractivity (Wildman–Crippen MR) is 95.4 cm³/mol. The van der Waals surface area contributed by atoms with Crippen LogP contribution in [0.2, 0.25) is 0 Å². The van der Waals surface area contributed by atoms with Crippen molar-refractivity contribution < 1.29 is 4.74 Å². The lowest BCUT2D eigenvalue weighted by Gasteiger charge is -2.28. The van der Waals surface area contributed by atoms with Crippen LogP contribution in [0.1, 0.15) is 18.5 Å². The first-order valence-corrected chi connectivity index (χ1v) is 8.28. The average molecular weight is 323 g/mol. The normalized spacial score (nSPS) is 16.3. The Morgan fingerprint density at radius 2 is 2.04 bits per heavy atom. The van der Waals surface area contributed by atoms with E-state index in [0.717, 1.165) is 43.5 Å². The molecule has 0 radical (unpaired) electrons. The van der Waals surface area contributed by atoms with E-state index >= 15 is 0 Å². The monoisotopic (exact) mass is 323 g/mol. The molecule has 0 bridgehead atoms. The fraction of sp³-hybridized carbons (Fsp3) is 0.333. The summed E-state index contributed by atoms with van der Waals surface area (Å²) in [6.45, 7) is 5.39. The molecule has 2 aromatic heterocycles. The highest BCUT2D eigenvalue weighted by atomic mass is 16.5. The molecule has 1 aliphatic heterocycles. The van der Waals surface area contributed by atoms with E-state index in [0.29, 0.717) is 0 Å². The van der Waals surface area contributed by atoms with Crippen LogP contribution < -0.4 is 10.2 Å². The summed E-state index contributed by atoms with van der Waals surface area (Å²) in [5.41, 5.74) is 2.39. The number of anilines is 2. The molecule has 4 rings (SSSR count). The lowest BCUT2D eigenvalue weighted by Crippen LogP contribution is -2.36. The van der Waals surface area contributed by atoms with Crippen molar-refractivity contribution in [3.05, 3.63) is 48.4 Å². The van der Waals surface area contributed by atoms with Crippen LogP contribution in [0.25, 0.3) is 10.9 Å². The molecule has 0 spiro atoms. The highest BCUT2D eigenvalue weighted by Gasteiger charge is 2.14. The molecule has 124 valence electrons. The van der Waals surface area contributed by atoms with Gasteiger partial charge in [-0.05, 0) is 36.1 Å². The van der Waals surface area contributed by atoms with E-state index in [4.69, 9.17) is 4.74 Å². The molecular formula is C18H21N5O. The summed E-state index contributed by atoms with van der Waals surface area (Å²) >= 11 is 0. The topological polar surface area (TPSA) is 66.1 Å². The van der Waals surface area contributed by atoms with Crippen LogP contribution in [0.3, 0.4) is 0 Å². The van der Waals surface area contributed by atoms with E-state index in [1.165, 1.54) is 10.9 Å². The Morgan fingerprint density at radius 1 is 1.17 bits per heavy atom. The molecule has 1 atom stereocenters. The van der Waals surface area contributed by atoms with Crippen molar-refractivity contribution in [1.29, 1.82) is 0 Å². The third-order valence-corrected chi connectivity index (χ3v) is 4.43. The Morgan fingerprint density at radius 3 is 2.92 bits per heavy atom. The van der Waals surface area contributed by atoms with Crippen LogP contribution in [-0.2, 0) is 4.74 Å². The van der Waals surface area contributed by atoms with Crippen molar-refractivity contribution in [1.82, 2.24) is 15.0 Å². The number of nitrogens with zero attached hydrogens (tertiary/aromatic N) is 3. The predicted octanol–water partition coefficient (Wildman–Crippen LogP) is 2.97. The summed E-state index contributed by atoms with van der Waals surface area (Å²) in [4.78, 5) is 14.2. The van der Waals surface area contributed by atoms with Gasteiger partial charge < -0.3 is 19.9 Å². The van der Waals surface area contributed by atoms with Crippen LogP contribution >= 0.6 is 0 Å². The number of aromatic nitrogens is 3. The third-order valence-electron chi connectivity index (χ3n) is 4.43. The van der Waals surface area contributed by atoms with E-state index in [-0.39, 0.29) is 6.04 Å². The fourth-order valence-electron chi connectivity index (χ4n) is 3.04. The van der Waals surface area contributed by atoms with E-state index in [1.54, 1.807) is 6.33 Å². The smallest absolute Gasteiger partial charge is 0.134 e. The molecule has 0 saturated carbocycles. The average Bonchev–Trinajstić information content (AvgIpc) is 3.10. The molecule has 24 heavy (non-hydrogen) atoms. The van der Waals surface area contributed by atoms with Crippen molar-refractivity contribution in [2.45, 2.75) is 13.0 Å². The lowest BCUT2D eigenvalue weighted by atomic mass is 10.1. The van der Waals surface area contributed by atoms with Crippen molar-refractivity contribution in [2.75, 3.05) is 36.5 Å². The Kier molecular flexibility index (Phi) is 4.04. The SMILES string of the molecule is CC(Nc1cc(N2CCOCC2)ncn1)c1ccc2[nH]ccc2c1. The van der Waals surface area contributed by atoms with Crippen molar-refractivity contribution in [3.8, 4) is 0 Å². The van der Waals surface area contributed by atoms with Gasteiger partial charge >= 0.3 is 0 Å². The molecule has 0 aliphatic carbocycles. The van der Waals surface area contributed by atoms with Crippen LogP contribution in [0.5, 0.6) is 0 Å². The zero-order valence-electron chi connectivity index (χ0n) is 13.7. The molecule has 1 aromatic carbocycles. The van der Waals surface area contributed by atoms with E-state index in [2.05, 4.69) is 56.4 Å². The minimum absolute atomic E-state index is 0.164. The van der Waals surface area contributed by atoms with Gasteiger partial charge in [0, 0.05) is 36.9 Å². The number of morpholine rings is 1. The van der Waals surface area contributed by atoms with Gasteiger partial charge in [-0.15, -0.1) is 0 Å². The number of benzene rings is 1. The number of ether oxygens (including phenoxy) is 1. The van der Waals surface area contributed by atoms with Crippen LogP contribution in [0.4, 0.5) is 11.6 Å². The molecule has 1 fully saturated rings. The Hall–Kier alpha value is -2.60. The number of rotatable bonds is 4. The van der Waals surface area contributed by atoms with Crippen molar-refractivity contribution >= 4 is 22.5 Å². The molecule has 1 unspecified atom stereocenters. The molecule has 1 saturated heterocycles. The molecule has 6 heteroatoms. The number of hydrogen-bond acceptors (Lipinski definition) is 5. The van der Waals surface area contributed by atoms with Gasteiger partial charge in [-0.3, -0.25) is 0 Å². The van der Waals surface area contributed by atoms with Crippen molar-refractivity contribution in [3.63, 3.8) is 0 Å². The van der Waals surface area contributed by atoms with E-state index in [9.17, 15) is 0 Å². The molecule has 1 aliphatic rings. The van der Waals surface area contributed by atoms with Gasteiger partial charge in [0.05, 0.1) is 13.2 Å². The van der Waals surface area contributed by atoms with Gasteiger partial charge in [-0.1, -0.05) is 6.07 Å². The Labute approximate surface area is 140 Å². The van der Waals surface area contributed by atoms with E-state index in [1.807, 2.05) is 12.3 Å². The zero-order valence-corrected chi connectivity index (χ0v) is 13.7. The quantitative estimate of drug-likeness (QED) is 0.773. The molecule has 3 heterocycles. The molecule has 6 nitrogen and oxygen atoms in total. The van der Waals surface area contributed by atoms with Gasteiger partial charge in [0.2, 0.25) is 0 Å². The largest absolute Gasteiger partial charge is 0.378 e. The second-order valence-corrected chi connectivity index (χ2v) is 6.05. The van der Waals surface area contributed by atoms with Crippen LogP contribution in [-0.4, -0.2) is 41.3 Å². The standard InChI is InChI=1S/C18H21N5O/c1-13(14-2-3-16-15(10-14)4-5-19-16)22-17-11-18(21-12-20-17)23-6-8-24-9-7-23/h2-5,10-13,19H,6-9H2,1H3,(H,20,21,22). The minimum Gasteiger partial charge on any atom is -0.378 e. The van der Waals surface area contributed by atoms with Crippen LogP contribution in [0, 0.1) is 0 Å². The molecule has 3 aromatic rings. The second kappa shape index (κ2) is 6.49. The number of H-pyrrole nitrogens is 1. The molecule has 0 amide bonds. The first kappa shape index (κ1) is 15.0. The summed E-state index contributed by atoms with van der Waals surface area (Å²) < 4.78 is 5.40. The van der Waals surface area contributed by atoms with Gasteiger partial charge in [0.1, 0.15) is 18.0 Å². The number of aromatic amines is 1. The van der Waals surface area contributed by atoms with Gasteiger partial charge in [-0.25, -0.2) is 9.97 Å². The van der Waals surface area contributed by atoms with Gasteiger partial charge in [0.15, 0.2) is 0 Å². The maximum atomic E-state index is 5.40. The van der Waals surface area contributed by atoms with Gasteiger partial charge in [-0.2, -0.15) is 0 Å². The van der Waals surface area contributed by atoms with E-state index < -0.39 is 0 Å². The maximum Gasteiger partial charge on any atom is 0.134 e. The van der Waals surface area contributed by atoms with Crippen molar-refractivity contribution in [2.24, 2.45) is 0 Å². The summed E-state index contributed by atoms with van der Waals surface area (Å²) in [6.07, 6.45) is 3.58. The Bertz CT molecular complexity index is 825. The number of hydrogen-bond donors (Lipinski definition) is 2. The number of nitrogens with one attached hydrogen (secondary N) is 2. The summed E-state index contributed by atoms with van der Waals surface area (Å²) in [7, 11) is 0. The molecule has 2 N–H and O–H groups in total. The zero-order chi connectivity index (χ0) is 16.4. The maximum absolute atomic E-state index is 5.40.